The maximum absolute atomic E-state index is 14.2. The van der Waals surface area contributed by atoms with Crippen LogP contribution >= 0.6 is 11.6 Å². The number of piperazine rings is 1. The highest BCUT2D eigenvalue weighted by molar-refractivity contribution is 6.30. The Labute approximate surface area is 213 Å². The van der Waals surface area contributed by atoms with Gasteiger partial charge in [0, 0.05) is 34.9 Å². The fraction of sp³-hybridized carbons (Fsp3) is 0.241. The normalized spacial score (nSPS) is 21.6. The molecule has 0 unspecified atom stereocenters. The number of hydrogen-bond donors (Lipinski definition) is 1. The molecule has 1 fully saturated rings. The predicted octanol–water partition coefficient (Wildman–Crippen LogP) is 5.23. The molecule has 2 aliphatic rings. The molecule has 182 valence electrons. The summed E-state index contributed by atoms with van der Waals surface area (Å²) in [6.45, 7) is 2.46. The first-order valence-electron chi connectivity index (χ1n) is 12.1. The van der Waals surface area contributed by atoms with Crippen molar-refractivity contribution < 1.29 is 14.0 Å². The first kappa shape index (κ1) is 22.8. The van der Waals surface area contributed by atoms with Gasteiger partial charge in [0.25, 0.3) is 5.91 Å². The van der Waals surface area contributed by atoms with Gasteiger partial charge in [-0.25, -0.2) is 4.39 Å². The summed E-state index contributed by atoms with van der Waals surface area (Å²) in [5.74, 6) is -0.680. The minimum atomic E-state index is -1.18. The number of nitrogens with zero attached hydrogens (tertiary/aromatic N) is 2. The third-order valence-corrected chi connectivity index (χ3v) is 7.95. The van der Waals surface area contributed by atoms with E-state index in [1.54, 1.807) is 28.0 Å². The molecule has 1 saturated heterocycles. The number of rotatable bonds is 4. The summed E-state index contributed by atoms with van der Waals surface area (Å²) >= 11 is 6.16. The minimum Gasteiger partial charge on any atom is -0.356 e. The fourth-order valence-electron chi connectivity index (χ4n) is 5.81. The Balaban J connectivity index is 1.44. The molecule has 36 heavy (non-hydrogen) atoms. The van der Waals surface area contributed by atoms with Crippen molar-refractivity contribution in [3.05, 3.63) is 106 Å². The van der Waals surface area contributed by atoms with E-state index in [-0.39, 0.29) is 36.6 Å². The number of aromatic nitrogens is 1. The maximum Gasteiger partial charge on any atom is 0.254 e. The number of carbonyl (C=O) groups excluding carboxylic acids is 2. The van der Waals surface area contributed by atoms with Crippen LogP contribution in [0.25, 0.3) is 10.9 Å². The zero-order chi connectivity index (χ0) is 25.0. The van der Waals surface area contributed by atoms with Crippen LogP contribution in [0, 0.1) is 5.82 Å². The SMILES string of the molecule is C[C@]12C(=O)N(CCc3ccccc3F)CC(=O)N1C[C@@H](c1ccc(Cl)cc1)c1c2[nH]c2ccccc12. The molecule has 0 saturated carbocycles. The van der Waals surface area contributed by atoms with E-state index in [0.29, 0.717) is 23.6 Å². The lowest BCUT2D eigenvalue weighted by molar-refractivity contribution is -0.166. The second kappa shape index (κ2) is 8.49. The number of aromatic amines is 1. The Hall–Kier alpha value is -3.64. The van der Waals surface area contributed by atoms with Crippen molar-refractivity contribution in [3.63, 3.8) is 0 Å². The number of nitrogens with one attached hydrogen (secondary N) is 1. The van der Waals surface area contributed by atoms with Crippen molar-refractivity contribution in [2.45, 2.75) is 24.8 Å². The molecular formula is C29H25ClFN3O2. The number of halogens is 2. The largest absolute Gasteiger partial charge is 0.356 e. The average Bonchev–Trinajstić information content (AvgIpc) is 3.28. The van der Waals surface area contributed by atoms with Crippen LogP contribution in [0.4, 0.5) is 4.39 Å². The van der Waals surface area contributed by atoms with Crippen LogP contribution in [0.2, 0.25) is 5.02 Å². The molecule has 0 aliphatic carbocycles. The summed E-state index contributed by atoms with van der Waals surface area (Å²) in [4.78, 5) is 34.4. The summed E-state index contributed by atoms with van der Waals surface area (Å²) in [6, 6.07) is 22.2. The first-order valence-corrected chi connectivity index (χ1v) is 12.5. The highest BCUT2D eigenvalue weighted by atomic mass is 35.5. The van der Waals surface area contributed by atoms with Crippen LogP contribution in [0.1, 0.15) is 35.2 Å². The summed E-state index contributed by atoms with van der Waals surface area (Å²) < 4.78 is 14.2. The van der Waals surface area contributed by atoms with Gasteiger partial charge in [-0.2, -0.15) is 0 Å². The van der Waals surface area contributed by atoms with Gasteiger partial charge in [0.05, 0.1) is 12.2 Å². The Morgan fingerprint density at radius 2 is 1.75 bits per heavy atom. The lowest BCUT2D eigenvalue weighted by Gasteiger charge is -2.51. The monoisotopic (exact) mass is 501 g/mol. The van der Waals surface area contributed by atoms with E-state index in [4.69, 9.17) is 11.6 Å². The van der Waals surface area contributed by atoms with E-state index in [1.165, 1.54) is 6.07 Å². The van der Waals surface area contributed by atoms with Gasteiger partial charge < -0.3 is 14.8 Å². The fourth-order valence-corrected chi connectivity index (χ4v) is 5.93. The van der Waals surface area contributed by atoms with Crippen molar-refractivity contribution >= 4 is 34.3 Å². The van der Waals surface area contributed by atoms with Gasteiger partial charge in [0.15, 0.2) is 5.54 Å². The van der Waals surface area contributed by atoms with Crippen LogP contribution in [0.15, 0.2) is 72.8 Å². The second-order valence-corrected chi connectivity index (χ2v) is 10.1. The van der Waals surface area contributed by atoms with Gasteiger partial charge in [-0.3, -0.25) is 9.59 Å². The molecule has 6 rings (SSSR count). The predicted molar refractivity (Wildman–Crippen MR) is 137 cm³/mol. The van der Waals surface area contributed by atoms with E-state index >= 15 is 0 Å². The lowest BCUT2D eigenvalue weighted by Crippen LogP contribution is -2.67. The van der Waals surface area contributed by atoms with Crippen molar-refractivity contribution in [2.75, 3.05) is 19.6 Å². The Kier molecular flexibility index (Phi) is 5.38. The summed E-state index contributed by atoms with van der Waals surface area (Å²) in [5, 5.41) is 1.69. The lowest BCUT2D eigenvalue weighted by atomic mass is 9.76. The van der Waals surface area contributed by atoms with Gasteiger partial charge in [-0.1, -0.05) is 60.1 Å². The maximum atomic E-state index is 14.2. The van der Waals surface area contributed by atoms with Gasteiger partial charge in [0.2, 0.25) is 5.91 Å². The Morgan fingerprint density at radius 1 is 1.03 bits per heavy atom. The Bertz CT molecular complexity index is 1500. The smallest absolute Gasteiger partial charge is 0.254 e. The molecule has 5 nitrogen and oxygen atoms in total. The van der Waals surface area contributed by atoms with E-state index < -0.39 is 5.54 Å². The molecule has 1 N–H and O–H groups in total. The highest BCUT2D eigenvalue weighted by Crippen LogP contribution is 2.48. The average molecular weight is 502 g/mol. The standard InChI is InChI=1S/C29H25ClFN3O2/c1-29-27-26(21-7-3-5-9-24(21)32-27)22(18-10-12-20(30)13-11-18)16-34(29)25(35)17-33(28(29)36)15-14-19-6-2-4-8-23(19)31/h2-13,22,32H,14-17H2,1H3/t22-,29-/m0/s1. The second-order valence-electron chi connectivity index (χ2n) is 9.71. The number of fused-ring (bicyclic) bond motifs is 5. The van der Waals surface area contributed by atoms with E-state index in [0.717, 1.165) is 27.7 Å². The number of para-hydroxylation sites is 1. The van der Waals surface area contributed by atoms with Crippen molar-refractivity contribution in [3.8, 4) is 0 Å². The summed E-state index contributed by atoms with van der Waals surface area (Å²) in [5.41, 5.74) is 3.08. The molecule has 7 heteroatoms. The highest BCUT2D eigenvalue weighted by Gasteiger charge is 2.56. The zero-order valence-electron chi connectivity index (χ0n) is 19.8. The van der Waals surface area contributed by atoms with Gasteiger partial charge in [-0.05, 0) is 54.3 Å². The van der Waals surface area contributed by atoms with Crippen molar-refractivity contribution in [1.82, 2.24) is 14.8 Å². The van der Waals surface area contributed by atoms with E-state index in [2.05, 4.69) is 11.1 Å². The molecular weight excluding hydrogens is 477 g/mol. The zero-order valence-corrected chi connectivity index (χ0v) is 20.6. The third-order valence-electron chi connectivity index (χ3n) is 7.70. The summed E-state index contributed by atoms with van der Waals surface area (Å²) in [7, 11) is 0. The van der Waals surface area contributed by atoms with Gasteiger partial charge >= 0.3 is 0 Å². The number of carbonyl (C=O) groups is 2. The number of benzene rings is 3. The number of hydrogen-bond acceptors (Lipinski definition) is 2. The van der Waals surface area contributed by atoms with Gasteiger partial charge in [0.1, 0.15) is 5.82 Å². The number of amides is 2. The number of H-pyrrole nitrogens is 1. The minimum absolute atomic E-state index is 0.0220. The van der Waals surface area contributed by atoms with E-state index in [1.807, 2.05) is 49.4 Å². The molecule has 3 heterocycles. The van der Waals surface area contributed by atoms with Crippen LogP contribution in [0.5, 0.6) is 0 Å². The van der Waals surface area contributed by atoms with Crippen LogP contribution in [-0.2, 0) is 21.5 Å². The first-order chi connectivity index (χ1) is 17.4. The van der Waals surface area contributed by atoms with Crippen LogP contribution in [-0.4, -0.2) is 46.2 Å². The van der Waals surface area contributed by atoms with E-state index in [9.17, 15) is 14.0 Å². The molecule has 4 aromatic rings. The molecule has 2 amide bonds. The molecule has 3 aromatic carbocycles. The molecule has 2 aliphatic heterocycles. The van der Waals surface area contributed by atoms with Crippen molar-refractivity contribution in [2.24, 2.45) is 0 Å². The third kappa shape index (κ3) is 3.43. The topological polar surface area (TPSA) is 56.4 Å². The van der Waals surface area contributed by atoms with Crippen LogP contribution in [0.3, 0.4) is 0 Å². The molecule has 0 bridgehead atoms. The van der Waals surface area contributed by atoms with Gasteiger partial charge in [-0.15, -0.1) is 0 Å². The molecule has 1 aromatic heterocycles. The summed E-state index contributed by atoms with van der Waals surface area (Å²) in [6.07, 6.45) is 0.342. The molecule has 0 spiro atoms. The van der Waals surface area contributed by atoms with Crippen LogP contribution < -0.4 is 0 Å². The molecule has 0 radical (unpaired) electrons. The quantitative estimate of drug-likeness (QED) is 0.416. The van der Waals surface area contributed by atoms with Crippen molar-refractivity contribution in [1.29, 1.82) is 0 Å². The Morgan fingerprint density at radius 3 is 2.53 bits per heavy atom. The molecule has 2 atom stereocenters.